The van der Waals surface area contributed by atoms with Crippen LogP contribution >= 0.6 is 23.5 Å². The van der Waals surface area contributed by atoms with Crippen molar-refractivity contribution in [3.05, 3.63) is 58.5 Å². The maximum absolute atomic E-state index is 12.7. The first-order valence-electron chi connectivity index (χ1n) is 10.3. The Morgan fingerprint density at radius 2 is 1.82 bits per heavy atom. The highest BCUT2D eigenvalue weighted by Crippen LogP contribution is 2.34. The Morgan fingerprint density at radius 3 is 2.52 bits per heavy atom. The van der Waals surface area contributed by atoms with Gasteiger partial charge in [-0.1, -0.05) is 23.8 Å². The van der Waals surface area contributed by atoms with Gasteiger partial charge in [-0.2, -0.15) is 0 Å². The van der Waals surface area contributed by atoms with E-state index in [2.05, 4.69) is 5.32 Å². The first-order chi connectivity index (χ1) is 15.9. The summed E-state index contributed by atoms with van der Waals surface area (Å²) in [5.41, 5.74) is 1.92. The van der Waals surface area contributed by atoms with Crippen molar-refractivity contribution < 1.29 is 23.9 Å². The zero-order valence-electron chi connectivity index (χ0n) is 18.8. The number of ether oxygens (including phenoxy) is 2. The molecule has 0 bridgehead atoms. The number of nitrogens with one attached hydrogen (secondary N) is 1. The highest BCUT2D eigenvalue weighted by atomic mass is 32.2. The van der Waals surface area contributed by atoms with E-state index in [1.807, 2.05) is 31.2 Å². The molecule has 1 aliphatic heterocycles. The van der Waals surface area contributed by atoms with Gasteiger partial charge in [0.1, 0.15) is 0 Å². The molecule has 1 N–H and O–H groups in total. The summed E-state index contributed by atoms with van der Waals surface area (Å²) < 4.78 is 10.5. The molecule has 33 heavy (non-hydrogen) atoms. The Hall–Kier alpha value is -2.91. The van der Waals surface area contributed by atoms with Gasteiger partial charge in [-0.05, 0) is 54.6 Å². The van der Waals surface area contributed by atoms with E-state index in [1.54, 1.807) is 43.1 Å². The number of aryl methyl sites for hydroxylation is 1. The smallest absolute Gasteiger partial charge is 0.293 e. The monoisotopic (exact) mass is 486 g/mol. The number of methoxy groups -OCH3 is 2. The molecule has 0 atom stereocenters. The van der Waals surface area contributed by atoms with E-state index >= 15 is 0 Å². The average Bonchev–Trinajstić information content (AvgIpc) is 3.07. The number of amides is 3. The van der Waals surface area contributed by atoms with Crippen LogP contribution in [0.1, 0.15) is 17.5 Å². The van der Waals surface area contributed by atoms with Gasteiger partial charge in [0, 0.05) is 30.2 Å². The van der Waals surface area contributed by atoms with Gasteiger partial charge in [-0.15, -0.1) is 11.8 Å². The van der Waals surface area contributed by atoms with Crippen molar-refractivity contribution in [1.82, 2.24) is 10.2 Å². The van der Waals surface area contributed by atoms with Crippen molar-refractivity contribution >= 4 is 46.7 Å². The Balaban J connectivity index is 1.47. The molecule has 2 aromatic carbocycles. The molecular weight excluding hydrogens is 460 g/mol. The summed E-state index contributed by atoms with van der Waals surface area (Å²) in [5.74, 6) is 1.29. The van der Waals surface area contributed by atoms with Gasteiger partial charge in [0.15, 0.2) is 11.5 Å². The maximum Gasteiger partial charge on any atom is 0.293 e. The van der Waals surface area contributed by atoms with Gasteiger partial charge < -0.3 is 14.8 Å². The Morgan fingerprint density at radius 1 is 1.09 bits per heavy atom. The number of hydrogen-bond donors (Lipinski definition) is 1. The second kappa shape index (κ2) is 11.8. The summed E-state index contributed by atoms with van der Waals surface area (Å²) in [4.78, 5) is 39.7. The van der Waals surface area contributed by atoms with Gasteiger partial charge in [0.2, 0.25) is 5.91 Å². The van der Waals surface area contributed by atoms with Crippen molar-refractivity contribution in [3.63, 3.8) is 0 Å². The van der Waals surface area contributed by atoms with Gasteiger partial charge in [-0.3, -0.25) is 19.3 Å². The molecule has 0 spiro atoms. The number of carbonyl (C=O) groups excluding carboxylic acids is 3. The highest BCUT2D eigenvalue weighted by molar-refractivity contribution is 8.18. The quantitative estimate of drug-likeness (QED) is 0.395. The fourth-order valence-electron chi connectivity index (χ4n) is 3.08. The molecule has 1 fully saturated rings. The third kappa shape index (κ3) is 6.79. The van der Waals surface area contributed by atoms with Crippen LogP contribution in [0, 0.1) is 6.92 Å². The van der Waals surface area contributed by atoms with E-state index in [4.69, 9.17) is 9.47 Å². The lowest BCUT2D eigenvalue weighted by molar-refractivity contribution is -0.124. The summed E-state index contributed by atoms with van der Waals surface area (Å²) in [6.45, 7) is 2.38. The second-order valence-corrected chi connectivity index (χ2v) is 9.37. The summed E-state index contributed by atoms with van der Waals surface area (Å²) >= 11 is 2.50. The second-order valence-electron chi connectivity index (χ2n) is 7.21. The van der Waals surface area contributed by atoms with E-state index in [0.717, 1.165) is 27.1 Å². The zero-order chi connectivity index (χ0) is 23.8. The molecule has 0 aromatic heterocycles. The Labute approximate surface area is 201 Å². The van der Waals surface area contributed by atoms with Crippen molar-refractivity contribution in [2.24, 2.45) is 0 Å². The van der Waals surface area contributed by atoms with Crippen LogP contribution < -0.4 is 14.8 Å². The molecule has 3 rings (SSSR count). The molecule has 0 unspecified atom stereocenters. The predicted octanol–water partition coefficient (Wildman–Crippen LogP) is 4.35. The van der Waals surface area contributed by atoms with Crippen LogP contribution in [0.3, 0.4) is 0 Å². The van der Waals surface area contributed by atoms with Crippen LogP contribution in [-0.2, 0) is 9.59 Å². The van der Waals surface area contributed by atoms with Crippen molar-refractivity contribution in [2.75, 3.05) is 33.1 Å². The first kappa shape index (κ1) is 24.7. The van der Waals surface area contributed by atoms with Crippen molar-refractivity contribution in [2.45, 2.75) is 18.2 Å². The maximum atomic E-state index is 12.7. The van der Waals surface area contributed by atoms with Crippen LogP contribution in [0.4, 0.5) is 4.79 Å². The molecule has 1 heterocycles. The number of nitrogens with zero attached hydrogens (tertiary/aromatic N) is 1. The number of carbonyl (C=O) groups is 3. The fraction of sp³-hybridized carbons (Fsp3) is 0.292. The van der Waals surface area contributed by atoms with Crippen LogP contribution in [0.15, 0.2) is 52.3 Å². The minimum Gasteiger partial charge on any atom is -0.493 e. The molecule has 2 aromatic rings. The molecule has 0 saturated carbocycles. The summed E-state index contributed by atoms with van der Waals surface area (Å²) in [5, 5.41) is 2.43. The van der Waals surface area contributed by atoms with Crippen LogP contribution in [0.2, 0.25) is 0 Å². The van der Waals surface area contributed by atoms with Crippen LogP contribution in [0.25, 0.3) is 6.08 Å². The number of benzene rings is 2. The van der Waals surface area contributed by atoms with Gasteiger partial charge in [-0.25, -0.2) is 0 Å². The minimum absolute atomic E-state index is 0.109. The minimum atomic E-state index is -0.371. The Kier molecular flexibility index (Phi) is 8.85. The van der Waals surface area contributed by atoms with E-state index in [9.17, 15) is 14.4 Å². The largest absolute Gasteiger partial charge is 0.493 e. The third-order valence-electron chi connectivity index (χ3n) is 4.86. The molecule has 0 radical (unpaired) electrons. The average molecular weight is 487 g/mol. The fourth-order valence-corrected chi connectivity index (χ4v) is 4.80. The van der Waals surface area contributed by atoms with Gasteiger partial charge in [0.05, 0.1) is 19.1 Å². The molecule has 1 aliphatic rings. The van der Waals surface area contributed by atoms with Crippen LogP contribution in [0.5, 0.6) is 11.5 Å². The first-order valence-corrected chi connectivity index (χ1v) is 12.1. The Bertz CT molecular complexity index is 1050. The van der Waals surface area contributed by atoms with Crippen molar-refractivity contribution in [1.29, 1.82) is 0 Å². The van der Waals surface area contributed by atoms with E-state index in [-0.39, 0.29) is 30.1 Å². The summed E-state index contributed by atoms with van der Waals surface area (Å²) in [6.07, 6.45) is 2.01. The standard InChI is InChI=1S/C24H26N2O5S2/c1-16-4-7-18(8-5-16)32-13-10-22(27)25-11-12-26-23(28)21(33-24(26)29)15-17-6-9-19(30-2)20(14-17)31-3/h4-9,14-15H,10-13H2,1-3H3,(H,25,27)/b21-15-. The predicted molar refractivity (Wildman–Crippen MR) is 132 cm³/mol. The highest BCUT2D eigenvalue weighted by Gasteiger charge is 2.34. The SMILES string of the molecule is COc1ccc(/C=C2\SC(=O)N(CCNC(=O)CCSc3ccc(C)cc3)C2=O)cc1OC. The number of hydrogen-bond acceptors (Lipinski definition) is 7. The number of rotatable bonds is 10. The van der Waals surface area contributed by atoms with Gasteiger partial charge >= 0.3 is 0 Å². The molecule has 1 saturated heterocycles. The molecule has 174 valence electrons. The molecule has 0 aliphatic carbocycles. The molecule has 7 nitrogen and oxygen atoms in total. The van der Waals surface area contributed by atoms with E-state index in [0.29, 0.717) is 28.6 Å². The molecule has 3 amide bonds. The zero-order valence-corrected chi connectivity index (χ0v) is 20.4. The lowest BCUT2D eigenvalue weighted by Gasteiger charge is -2.13. The normalized spacial score (nSPS) is 14.6. The summed E-state index contributed by atoms with van der Waals surface area (Å²) in [7, 11) is 3.08. The van der Waals surface area contributed by atoms with E-state index in [1.165, 1.54) is 12.7 Å². The third-order valence-corrected chi connectivity index (χ3v) is 6.78. The van der Waals surface area contributed by atoms with E-state index < -0.39 is 0 Å². The molecular formula is C24H26N2O5S2. The topological polar surface area (TPSA) is 84.9 Å². The number of imide groups is 1. The lowest BCUT2D eigenvalue weighted by atomic mass is 10.2. The lowest BCUT2D eigenvalue weighted by Crippen LogP contribution is -2.37. The van der Waals surface area contributed by atoms with Crippen LogP contribution in [-0.4, -0.2) is 55.0 Å². The number of thioether (sulfide) groups is 2. The van der Waals surface area contributed by atoms with Gasteiger partial charge in [0.25, 0.3) is 11.1 Å². The molecule has 9 heteroatoms. The summed E-state index contributed by atoms with van der Waals surface area (Å²) in [6, 6.07) is 13.4. The van der Waals surface area contributed by atoms with Crippen molar-refractivity contribution in [3.8, 4) is 11.5 Å².